The van der Waals surface area contributed by atoms with Crippen LogP contribution in [0.1, 0.15) is 39.2 Å². The molecule has 1 saturated carbocycles. The number of allylic oxidation sites excluding steroid dienone is 4. The van der Waals surface area contributed by atoms with Crippen molar-refractivity contribution >= 4 is 28.9 Å². The van der Waals surface area contributed by atoms with Crippen LogP contribution in [0.25, 0.3) is 5.57 Å². The molecule has 0 unspecified atom stereocenters. The van der Waals surface area contributed by atoms with Crippen LogP contribution in [0.3, 0.4) is 0 Å². The van der Waals surface area contributed by atoms with Gasteiger partial charge in [0.15, 0.2) is 11.6 Å². The Morgan fingerprint density at radius 3 is 2.70 bits per heavy atom. The zero-order valence-electron chi connectivity index (χ0n) is 13.7. The van der Waals surface area contributed by atoms with Gasteiger partial charge in [0.25, 0.3) is 0 Å². The standard InChI is InChI=1S/C18H21N3O2/c1-4-6-15(11-12(2)22)16-7-5-10-19-17(16)20-13(3)21-18(23)14-8-9-14/h4-7,10-11,14H,8-9H2,1-3H3,(H,19,20,21,23)/b6-4?,15-11+. The van der Waals surface area contributed by atoms with Gasteiger partial charge in [0.05, 0.1) is 0 Å². The van der Waals surface area contributed by atoms with Crippen molar-refractivity contribution < 1.29 is 9.59 Å². The zero-order chi connectivity index (χ0) is 16.8. The van der Waals surface area contributed by atoms with Crippen LogP contribution in [0.5, 0.6) is 0 Å². The number of nitrogens with zero attached hydrogens (tertiary/aromatic N) is 2. The molecule has 1 aromatic heterocycles. The van der Waals surface area contributed by atoms with Gasteiger partial charge < -0.3 is 5.32 Å². The van der Waals surface area contributed by atoms with E-state index in [1.807, 2.05) is 25.1 Å². The molecule has 5 nitrogen and oxygen atoms in total. The predicted molar refractivity (Wildman–Crippen MR) is 91.3 cm³/mol. The van der Waals surface area contributed by atoms with Crippen LogP contribution in [-0.2, 0) is 9.59 Å². The molecule has 0 bridgehead atoms. The van der Waals surface area contributed by atoms with Gasteiger partial charge in [0.2, 0.25) is 5.91 Å². The molecular formula is C18H21N3O2. The van der Waals surface area contributed by atoms with Crippen molar-refractivity contribution in [3.63, 3.8) is 0 Å². The van der Waals surface area contributed by atoms with Crippen molar-refractivity contribution in [2.24, 2.45) is 10.9 Å². The lowest BCUT2D eigenvalue weighted by atomic mass is 10.0. The van der Waals surface area contributed by atoms with Crippen LogP contribution in [0.2, 0.25) is 0 Å². The largest absolute Gasteiger partial charge is 0.314 e. The Balaban J connectivity index is 2.32. The first-order valence-corrected chi connectivity index (χ1v) is 7.67. The maximum absolute atomic E-state index is 11.8. The SMILES string of the molecule is CC=C/C(=C\C(C)=O)c1cccnc1N=C(C)NC(=O)C1CC1. The Morgan fingerprint density at radius 2 is 2.09 bits per heavy atom. The number of ketones is 1. The second-order valence-corrected chi connectivity index (χ2v) is 5.55. The van der Waals surface area contributed by atoms with Crippen molar-refractivity contribution in [1.29, 1.82) is 0 Å². The van der Waals surface area contributed by atoms with Gasteiger partial charge in [-0.15, -0.1) is 0 Å². The predicted octanol–water partition coefficient (Wildman–Crippen LogP) is 3.21. The van der Waals surface area contributed by atoms with E-state index in [0.717, 1.165) is 24.0 Å². The van der Waals surface area contributed by atoms with Gasteiger partial charge in [-0.25, -0.2) is 9.98 Å². The molecule has 1 fully saturated rings. The quantitative estimate of drug-likeness (QED) is 0.393. The van der Waals surface area contributed by atoms with E-state index in [-0.39, 0.29) is 17.6 Å². The molecule has 0 atom stereocenters. The molecule has 0 aromatic carbocycles. The molecule has 1 heterocycles. The molecule has 5 heteroatoms. The minimum Gasteiger partial charge on any atom is -0.314 e. The lowest BCUT2D eigenvalue weighted by molar-refractivity contribution is -0.120. The number of hydrogen-bond acceptors (Lipinski definition) is 4. The van der Waals surface area contributed by atoms with E-state index in [1.54, 1.807) is 25.3 Å². The summed E-state index contributed by atoms with van der Waals surface area (Å²) in [5, 5.41) is 2.80. The van der Waals surface area contributed by atoms with Gasteiger partial charge in [-0.3, -0.25) is 9.59 Å². The number of nitrogens with one attached hydrogen (secondary N) is 1. The number of carbonyl (C=O) groups excluding carboxylic acids is 2. The van der Waals surface area contributed by atoms with Crippen LogP contribution in [0, 0.1) is 5.92 Å². The highest BCUT2D eigenvalue weighted by atomic mass is 16.2. The van der Waals surface area contributed by atoms with Crippen LogP contribution in [0.4, 0.5) is 5.82 Å². The first-order chi connectivity index (χ1) is 11.0. The van der Waals surface area contributed by atoms with E-state index in [4.69, 9.17) is 0 Å². The third-order valence-electron chi connectivity index (χ3n) is 3.33. The van der Waals surface area contributed by atoms with Crippen molar-refractivity contribution in [2.75, 3.05) is 0 Å². The number of amidine groups is 1. The lowest BCUT2D eigenvalue weighted by Gasteiger charge is -2.08. The van der Waals surface area contributed by atoms with E-state index in [2.05, 4.69) is 15.3 Å². The van der Waals surface area contributed by atoms with Crippen molar-refractivity contribution in [3.8, 4) is 0 Å². The highest BCUT2D eigenvalue weighted by Crippen LogP contribution is 2.29. The zero-order valence-corrected chi connectivity index (χ0v) is 13.7. The molecule has 1 aliphatic carbocycles. The number of aromatic nitrogens is 1. The van der Waals surface area contributed by atoms with E-state index in [1.165, 1.54) is 6.92 Å². The highest BCUT2D eigenvalue weighted by Gasteiger charge is 2.29. The molecule has 0 spiro atoms. The van der Waals surface area contributed by atoms with E-state index < -0.39 is 0 Å². The molecule has 1 aromatic rings. The fraction of sp³-hybridized carbons (Fsp3) is 0.333. The van der Waals surface area contributed by atoms with E-state index in [0.29, 0.717) is 11.7 Å². The molecule has 23 heavy (non-hydrogen) atoms. The fourth-order valence-corrected chi connectivity index (χ4v) is 2.14. The maximum atomic E-state index is 11.8. The average Bonchev–Trinajstić information content (AvgIpc) is 3.31. The summed E-state index contributed by atoms with van der Waals surface area (Å²) in [5.41, 5.74) is 1.49. The van der Waals surface area contributed by atoms with Gasteiger partial charge in [-0.05, 0) is 57.4 Å². The molecule has 1 aliphatic rings. The Labute approximate surface area is 136 Å². The number of carbonyl (C=O) groups is 2. The Kier molecular flexibility index (Phi) is 5.57. The fourth-order valence-electron chi connectivity index (χ4n) is 2.14. The number of hydrogen-bond donors (Lipinski definition) is 1. The number of rotatable bonds is 5. The summed E-state index contributed by atoms with van der Waals surface area (Å²) in [4.78, 5) is 31.9. The molecule has 1 amide bonds. The smallest absolute Gasteiger partial charge is 0.228 e. The Hall–Kier alpha value is -2.56. The second kappa shape index (κ2) is 7.63. The monoisotopic (exact) mass is 311 g/mol. The molecular weight excluding hydrogens is 290 g/mol. The van der Waals surface area contributed by atoms with Crippen LogP contribution in [0.15, 0.2) is 41.6 Å². The molecule has 0 aliphatic heterocycles. The third-order valence-corrected chi connectivity index (χ3v) is 3.33. The first-order valence-electron chi connectivity index (χ1n) is 7.67. The lowest BCUT2D eigenvalue weighted by Crippen LogP contribution is -2.29. The first kappa shape index (κ1) is 16.8. The molecule has 0 radical (unpaired) electrons. The number of aliphatic imine (C=N–C) groups is 1. The van der Waals surface area contributed by atoms with E-state index in [9.17, 15) is 9.59 Å². The summed E-state index contributed by atoms with van der Waals surface area (Å²) in [5.74, 6) is 1.07. The molecule has 120 valence electrons. The summed E-state index contributed by atoms with van der Waals surface area (Å²) in [6.45, 7) is 5.13. The van der Waals surface area contributed by atoms with Crippen LogP contribution in [-0.4, -0.2) is 22.5 Å². The normalized spacial score (nSPS) is 15.8. The summed E-state index contributed by atoms with van der Waals surface area (Å²) >= 11 is 0. The number of pyridine rings is 1. The van der Waals surface area contributed by atoms with Gasteiger partial charge >= 0.3 is 0 Å². The molecule has 1 N–H and O–H groups in total. The summed E-state index contributed by atoms with van der Waals surface area (Å²) < 4.78 is 0. The Bertz CT molecular complexity index is 698. The van der Waals surface area contributed by atoms with Crippen molar-refractivity contribution in [2.45, 2.75) is 33.6 Å². The summed E-state index contributed by atoms with van der Waals surface area (Å²) in [6, 6.07) is 3.65. The van der Waals surface area contributed by atoms with Crippen molar-refractivity contribution in [3.05, 3.63) is 42.1 Å². The minimum absolute atomic E-state index is 0.0108. The van der Waals surface area contributed by atoms with Gasteiger partial charge in [0.1, 0.15) is 5.84 Å². The molecule has 0 saturated heterocycles. The van der Waals surface area contributed by atoms with Gasteiger partial charge in [0, 0.05) is 17.7 Å². The Morgan fingerprint density at radius 1 is 1.35 bits per heavy atom. The average molecular weight is 311 g/mol. The van der Waals surface area contributed by atoms with Crippen LogP contribution < -0.4 is 5.32 Å². The summed E-state index contributed by atoms with van der Waals surface area (Å²) in [6.07, 6.45) is 8.78. The van der Waals surface area contributed by atoms with Crippen LogP contribution >= 0.6 is 0 Å². The van der Waals surface area contributed by atoms with Crippen molar-refractivity contribution in [1.82, 2.24) is 10.3 Å². The maximum Gasteiger partial charge on any atom is 0.228 e. The highest BCUT2D eigenvalue weighted by molar-refractivity contribution is 6.01. The van der Waals surface area contributed by atoms with Gasteiger partial charge in [-0.1, -0.05) is 12.2 Å². The minimum atomic E-state index is -0.0457. The topological polar surface area (TPSA) is 71.4 Å². The summed E-state index contributed by atoms with van der Waals surface area (Å²) in [7, 11) is 0. The number of amides is 1. The molecule has 2 rings (SSSR count). The van der Waals surface area contributed by atoms with E-state index >= 15 is 0 Å². The van der Waals surface area contributed by atoms with Gasteiger partial charge in [-0.2, -0.15) is 0 Å². The third kappa shape index (κ3) is 4.98. The second-order valence-electron chi connectivity index (χ2n) is 5.55.